The van der Waals surface area contributed by atoms with Crippen LogP contribution in [-0.2, 0) is 4.79 Å². The highest BCUT2D eigenvalue weighted by Crippen LogP contribution is 2.34. The molecule has 2 aromatic rings. The molecule has 2 fully saturated rings. The molecule has 3 aliphatic heterocycles. The van der Waals surface area contributed by atoms with Gasteiger partial charge in [0.2, 0.25) is 0 Å². The molecule has 1 aromatic carbocycles. The molecule has 2 amide bonds. The Kier molecular flexibility index (Phi) is 5.30. The van der Waals surface area contributed by atoms with Gasteiger partial charge in [0, 0.05) is 61.0 Å². The molecular formula is C25H24FN5O2S. The van der Waals surface area contributed by atoms with Crippen LogP contribution in [-0.4, -0.2) is 70.9 Å². The minimum Gasteiger partial charge on any atom is -0.345 e. The van der Waals surface area contributed by atoms with E-state index in [2.05, 4.69) is 32.3 Å². The number of thiazole rings is 1. The summed E-state index contributed by atoms with van der Waals surface area (Å²) in [5.74, 6) is -0.195. The van der Waals surface area contributed by atoms with Crippen LogP contribution in [0.4, 0.5) is 10.1 Å². The van der Waals surface area contributed by atoms with E-state index in [0.717, 1.165) is 24.4 Å². The monoisotopic (exact) mass is 477 g/mol. The van der Waals surface area contributed by atoms with Gasteiger partial charge in [0.15, 0.2) is 0 Å². The summed E-state index contributed by atoms with van der Waals surface area (Å²) in [4.78, 5) is 35.5. The number of amides is 2. The maximum absolute atomic E-state index is 13.3. The quantitative estimate of drug-likeness (QED) is 0.717. The smallest absolute Gasteiger partial charge is 0.271 e. The van der Waals surface area contributed by atoms with Crippen LogP contribution in [0.3, 0.4) is 0 Å². The Balaban J connectivity index is 0.987. The summed E-state index contributed by atoms with van der Waals surface area (Å²) in [5.41, 5.74) is 3.78. The predicted molar refractivity (Wildman–Crippen MR) is 128 cm³/mol. The Labute approximate surface area is 200 Å². The molecule has 0 spiro atoms. The standard InChI is InChI=1S/C25H24FN5O2S/c26-18-2-4-20(5-3-18)31-8-7-16-9-17(1-6-23(16)31)25(33)30-12-21(13-30)29-10-19(11-29)28-24(32)22-14-34-15-27-22/h1-9,14-16,19,21,23H,10-13H2,(H,28,32). The summed E-state index contributed by atoms with van der Waals surface area (Å²) in [6.45, 7) is 3.03. The Morgan fingerprint density at radius 2 is 1.88 bits per heavy atom. The number of fused-ring (bicyclic) bond motifs is 1. The van der Waals surface area contributed by atoms with Crippen molar-refractivity contribution in [3.05, 3.63) is 82.7 Å². The van der Waals surface area contributed by atoms with Gasteiger partial charge in [0.25, 0.3) is 11.8 Å². The minimum absolute atomic E-state index is 0.0634. The first-order chi connectivity index (χ1) is 16.5. The van der Waals surface area contributed by atoms with E-state index in [-0.39, 0.29) is 35.6 Å². The van der Waals surface area contributed by atoms with Gasteiger partial charge in [-0.25, -0.2) is 9.37 Å². The maximum atomic E-state index is 13.3. The van der Waals surface area contributed by atoms with Crippen molar-refractivity contribution in [1.82, 2.24) is 20.1 Å². The molecule has 1 aromatic heterocycles. The summed E-state index contributed by atoms with van der Waals surface area (Å²) in [6.07, 6.45) is 10.1. The van der Waals surface area contributed by atoms with E-state index in [0.29, 0.717) is 24.8 Å². The zero-order chi connectivity index (χ0) is 23.2. The fourth-order valence-electron chi connectivity index (χ4n) is 4.97. The fraction of sp³-hybridized carbons (Fsp3) is 0.320. The van der Waals surface area contributed by atoms with Crippen LogP contribution in [0, 0.1) is 11.7 Å². The van der Waals surface area contributed by atoms with Crippen LogP contribution in [0.1, 0.15) is 10.5 Å². The number of carbonyl (C=O) groups excluding carboxylic acids is 2. The van der Waals surface area contributed by atoms with Crippen molar-refractivity contribution >= 4 is 28.8 Å². The first-order valence-corrected chi connectivity index (χ1v) is 12.3. The SMILES string of the molecule is O=C(NC1CN(C2CN(C(=O)C3=CC4C=CN(c5ccc(F)cc5)C4C=C3)C2)C1)c1cscn1. The molecular weight excluding hydrogens is 453 g/mol. The number of hydrogen-bond donors (Lipinski definition) is 1. The molecule has 9 heteroatoms. The number of aromatic nitrogens is 1. The summed E-state index contributed by atoms with van der Waals surface area (Å²) in [6, 6.07) is 7.04. The highest BCUT2D eigenvalue weighted by molar-refractivity contribution is 7.07. The minimum atomic E-state index is -0.252. The number of halogens is 1. The zero-order valence-corrected chi connectivity index (χ0v) is 19.2. The van der Waals surface area contributed by atoms with E-state index >= 15 is 0 Å². The third-order valence-corrected chi connectivity index (χ3v) is 7.56. The molecule has 2 unspecified atom stereocenters. The van der Waals surface area contributed by atoms with E-state index in [4.69, 9.17) is 0 Å². The Morgan fingerprint density at radius 1 is 1.09 bits per heavy atom. The maximum Gasteiger partial charge on any atom is 0.271 e. The number of benzene rings is 1. The number of hydrogen-bond acceptors (Lipinski definition) is 6. The number of anilines is 1. The van der Waals surface area contributed by atoms with Gasteiger partial charge in [-0.15, -0.1) is 11.3 Å². The van der Waals surface area contributed by atoms with Gasteiger partial charge < -0.3 is 15.1 Å². The second kappa shape index (κ2) is 8.48. The van der Waals surface area contributed by atoms with E-state index < -0.39 is 0 Å². The molecule has 1 aliphatic carbocycles. The first kappa shape index (κ1) is 21.2. The van der Waals surface area contributed by atoms with E-state index in [1.54, 1.807) is 23.0 Å². The molecule has 4 aliphatic rings. The van der Waals surface area contributed by atoms with Crippen LogP contribution < -0.4 is 10.2 Å². The van der Waals surface area contributed by atoms with Crippen LogP contribution in [0.25, 0.3) is 0 Å². The van der Waals surface area contributed by atoms with Gasteiger partial charge in [-0.1, -0.05) is 24.3 Å². The molecule has 2 saturated heterocycles. The number of rotatable bonds is 5. The van der Waals surface area contributed by atoms with Gasteiger partial charge in [0.05, 0.1) is 17.6 Å². The molecule has 0 radical (unpaired) electrons. The molecule has 1 N–H and O–H groups in total. The van der Waals surface area contributed by atoms with Gasteiger partial charge in [-0.2, -0.15) is 0 Å². The molecule has 4 heterocycles. The first-order valence-electron chi connectivity index (χ1n) is 11.4. The number of nitrogens with zero attached hydrogens (tertiary/aromatic N) is 4. The largest absolute Gasteiger partial charge is 0.345 e. The number of likely N-dealkylation sites (tertiary alicyclic amines) is 2. The second-order valence-electron chi connectivity index (χ2n) is 9.14. The Morgan fingerprint density at radius 3 is 2.62 bits per heavy atom. The van der Waals surface area contributed by atoms with Gasteiger partial charge in [-0.3, -0.25) is 14.5 Å². The normalized spacial score (nSPS) is 24.4. The van der Waals surface area contributed by atoms with Gasteiger partial charge >= 0.3 is 0 Å². The van der Waals surface area contributed by atoms with Crippen LogP contribution >= 0.6 is 11.3 Å². The zero-order valence-electron chi connectivity index (χ0n) is 18.4. The second-order valence-corrected chi connectivity index (χ2v) is 9.85. The molecule has 34 heavy (non-hydrogen) atoms. The average Bonchev–Trinajstić information content (AvgIpc) is 3.46. The molecule has 174 valence electrons. The van der Waals surface area contributed by atoms with E-state index in [1.807, 2.05) is 23.3 Å². The van der Waals surface area contributed by atoms with Crippen molar-refractivity contribution in [2.75, 3.05) is 31.1 Å². The molecule has 7 nitrogen and oxygen atoms in total. The summed E-state index contributed by atoms with van der Waals surface area (Å²) in [7, 11) is 0. The van der Waals surface area contributed by atoms with Gasteiger partial charge in [0.1, 0.15) is 11.5 Å². The third kappa shape index (κ3) is 3.84. The summed E-state index contributed by atoms with van der Waals surface area (Å²) < 4.78 is 13.3. The van der Waals surface area contributed by atoms with Crippen molar-refractivity contribution in [1.29, 1.82) is 0 Å². The third-order valence-electron chi connectivity index (χ3n) is 6.98. The summed E-state index contributed by atoms with van der Waals surface area (Å²) >= 11 is 1.41. The molecule has 2 atom stereocenters. The average molecular weight is 478 g/mol. The van der Waals surface area contributed by atoms with Crippen molar-refractivity contribution in [3.63, 3.8) is 0 Å². The Bertz CT molecular complexity index is 1180. The lowest BCUT2D eigenvalue weighted by Gasteiger charge is -2.52. The van der Waals surface area contributed by atoms with Crippen LogP contribution in [0.5, 0.6) is 0 Å². The van der Waals surface area contributed by atoms with Crippen molar-refractivity contribution in [2.45, 2.75) is 18.1 Å². The lowest BCUT2D eigenvalue weighted by atomic mass is 9.91. The topological polar surface area (TPSA) is 68.8 Å². The Hall–Kier alpha value is -3.30. The highest BCUT2D eigenvalue weighted by Gasteiger charge is 2.42. The fourth-order valence-corrected chi connectivity index (χ4v) is 5.50. The summed E-state index contributed by atoms with van der Waals surface area (Å²) in [5, 5.41) is 4.76. The van der Waals surface area contributed by atoms with Crippen molar-refractivity contribution in [3.8, 4) is 0 Å². The van der Waals surface area contributed by atoms with Crippen molar-refractivity contribution in [2.24, 2.45) is 5.92 Å². The highest BCUT2D eigenvalue weighted by atomic mass is 32.1. The lowest BCUT2D eigenvalue weighted by molar-refractivity contribution is -0.135. The van der Waals surface area contributed by atoms with Crippen LogP contribution in [0.2, 0.25) is 0 Å². The van der Waals surface area contributed by atoms with Gasteiger partial charge in [-0.05, 0) is 24.3 Å². The van der Waals surface area contributed by atoms with Crippen molar-refractivity contribution < 1.29 is 14.0 Å². The molecule has 0 saturated carbocycles. The van der Waals surface area contributed by atoms with E-state index in [1.165, 1.54) is 23.5 Å². The lowest BCUT2D eigenvalue weighted by Crippen LogP contribution is -2.70. The van der Waals surface area contributed by atoms with Crippen LogP contribution in [0.15, 0.2) is 71.2 Å². The number of nitrogens with one attached hydrogen (secondary N) is 1. The molecule has 6 rings (SSSR count). The van der Waals surface area contributed by atoms with E-state index in [9.17, 15) is 14.0 Å². The molecule has 0 bridgehead atoms. The number of carbonyl (C=O) groups is 2. The predicted octanol–water partition coefficient (Wildman–Crippen LogP) is 2.42.